The first-order valence-electron chi connectivity index (χ1n) is 2.95. The number of aliphatic hydroxyl groups excluding tert-OH is 1. The molecule has 0 aromatic heterocycles. The molecule has 0 spiro atoms. The third-order valence-corrected chi connectivity index (χ3v) is 0.867. The average molecular weight is 114 g/mol. The van der Waals surface area contributed by atoms with Crippen molar-refractivity contribution in [1.29, 1.82) is 0 Å². The van der Waals surface area contributed by atoms with Crippen molar-refractivity contribution >= 4 is 0 Å². The molecule has 0 saturated carbocycles. The van der Waals surface area contributed by atoms with Crippen molar-refractivity contribution in [2.75, 3.05) is 6.61 Å². The first-order valence-corrected chi connectivity index (χ1v) is 2.95. The Labute approximate surface area is 51.0 Å². The van der Waals surface area contributed by atoms with Crippen LogP contribution in [0.2, 0.25) is 0 Å². The Hall–Kier alpha value is -0.300. The summed E-state index contributed by atoms with van der Waals surface area (Å²) in [6, 6.07) is 0. The lowest BCUT2D eigenvalue weighted by molar-refractivity contribution is 0.330. The lowest BCUT2D eigenvalue weighted by Gasteiger charge is -1.96. The van der Waals surface area contributed by atoms with Gasteiger partial charge in [-0.3, -0.25) is 0 Å². The zero-order valence-electron chi connectivity index (χ0n) is 5.81. The summed E-state index contributed by atoms with van der Waals surface area (Å²) in [6.07, 6.45) is 2.06. The van der Waals surface area contributed by atoms with Crippen molar-refractivity contribution in [3.8, 4) is 0 Å². The van der Waals surface area contributed by atoms with Crippen molar-refractivity contribution < 1.29 is 5.11 Å². The van der Waals surface area contributed by atoms with Gasteiger partial charge in [-0.1, -0.05) is 25.5 Å². The normalized spacial score (nSPS) is 12.9. The van der Waals surface area contributed by atoms with Crippen molar-refractivity contribution in [2.24, 2.45) is 5.92 Å². The van der Waals surface area contributed by atoms with Crippen molar-refractivity contribution in [1.82, 2.24) is 0 Å². The van der Waals surface area contributed by atoms with Gasteiger partial charge in [-0.25, -0.2) is 0 Å². The van der Waals surface area contributed by atoms with Crippen molar-refractivity contribution in [3.63, 3.8) is 0 Å². The van der Waals surface area contributed by atoms with Crippen LogP contribution in [0, 0.1) is 5.92 Å². The highest BCUT2D eigenvalue weighted by Crippen LogP contribution is 1.99. The summed E-state index contributed by atoms with van der Waals surface area (Å²) >= 11 is 0. The van der Waals surface area contributed by atoms with Crippen LogP contribution in [0.3, 0.4) is 0 Å². The lowest BCUT2D eigenvalue weighted by Crippen LogP contribution is -1.87. The van der Waals surface area contributed by atoms with Gasteiger partial charge >= 0.3 is 0 Å². The van der Waals surface area contributed by atoms with Gasteiger partial charge in [0.05, 0.1) is 6.61 Å². The van der Waals surface area contributed by atoms with E-state index in [1.807, 2.05) is 6.92 Å². The van der Waals surface area contributed by atoms with E-state index >= 15 is 0 Å². The maximum Gasteiger partial charge on any atom is 0.0639 e. The van der Waals surface area contributed by atoms with Gasteiger partial charge in [0.15, 0.2) is 0 Å². The number of hydrogen-bond donors (Lipinski definition) is 1. The van der Waals surface area contributed by atoms with Crippen LogP contribution in [0.5, 0.6) is 0 Å². The summed E-state index contributed by atoms with van der Waals surface area (Å²) in [5.41, 5.74) is 1.06. The smallest absolute Gasteiger partial charge is 0.0639 e. The van der Waals surface area contributed by atoms with Crippen LogP contribution in [0.4, 0.5) is 0 Å². The van der Waals surface area contributed by atoms with Crippen molar-refractivity contribution in [2.45, 2.75) is 20.8 Å². The lowest BCUT2D eigenvalue weighted by atomic mass is 10.1. The minimum absolute atomic E-state index is 0.193. The summed E-state index contributed by atoms with van der Waals surface area (Å²) in [4.78, 5) is 0. The van der Waals surface area contributed by atoms with E-state index in [0.29, 0.717) is 5.92 Å². The maximum absolute atomic E-state index is 8.52. The van der Waals surface area contributed by atoms with Gasteiger partial charge in [0.25, 0.3) is 0 Å². The third kappa shape index (κ3) is 3.88. The predicted molar refractivity (Wildman–Crippen MR) is 35.7 cm³/mol. The zero-order valence-corrected chi connectivity index (χ0v) is 5.81. The van der Waals surface area contributed by atoms with E-state index in [2.05, 4.69) is 19.9 Å². The van der Waals surface area contributed by atoms with E-state index in [1.54, 1.807) is 0 Å². The van der Waals surface area contributed by atoms with Gasteiger partial charge in [-0.15, -0.1) is 0 Å². The van der Waals surface area contributed by atoms with Gasteiger partial charge in [-0.2, -0.15) is 0 Å². The predicted octanol–water partition coefficient (Wildman–Crippen LogP) is 1.58. The first kappa shape index (κ1) is 7.70. The minimum atomic E-state index is 0.193. The SMILES string of the molecule is CC(=CC(C)C)CO. The second-order valence-electron chi connectivity index (χ2n) is 2.42. The molecule has 1 nitrogen and oxygen atoms in total. The van der Waals surface area contributed by atoms with Crippen LogP contribution >= 0.6 is 0 Å². The fraction of sp³-hybridized carbons (Fsp3) is 0.714. The fourth-order valence-electron chi connectivity index (χ4n) is 0.622. The Morgan fingerprint density at radius 3 is 2.25 bits per heavy atom. The molecule has 0 radical (unpaired) electrons. The molecule has 0 aliphatic carbocycles. The van der Waals surface area contributed by atoms with Crippen LogP contribution in [-0.2, 0) is 0 Å². The Morgan fingerprint density at radius 2 is 2.12 bits per heavy atom. The van der Waals surface area contributed by atoms with E-state index in [4.69, 9.17) is 5.11 Å². The van der Waals surface area contributed by atoms with Crippen LogP contribution in [0.25, 0.3) is 0 Å². The summed E-state index contributed by atoms with van der Waals surface area (Å²) in [5.74, 6) is 0.558. The Kier molecular flexibility index (Phi) is 3.53. The van der Waals surface area contributed by atoms with Gasteiger partial charge in [0, 0.05) is 0 Å². The quantitative estimate of drug-likeness (QED) is 0.540. The number of rotatable bonds is 2. The summed E-state index contributed by atoms with van der Waals surface area (Å²) < 4.78 is 0. The van der Waals surface area contributed by atoms with Gasteiger partial charge in [-0.05, 0) is 12.8 Å². The first-order chi connectivity index (χ1) is 3.66. The van der Waals surface area contributed by atoms with E-state index < -0.39 is 0 Å². The molecule has 0 unspecified atom stereocenters. The highest BCUT2D eigenvalue weighted by Gasteiger charge is 1.87. The van der Waals surface area contributed by atoms with Crippen LogP contribution in [0.15, 0.2) is 11.6 Å². The van der Waals surface area contributed by atoms with E-state index in [9.17, 15) is 0 Å². The fourth-order valence-corrected chi connectivity index (χ4v) is 0.622. The zero-order chi connectivity index (χ0) is 6.57. The standard InChI is InChI=1S/C7H14O/c1-6(2)4-7(3)5-8/h4,6,8H,5H2,1-3H3. The molecule has 0 aromatic carbocycles. The number of allylic oxidation sites excluding steroid dienone is 1. The number of hydrogen-bond acceptors (Lipinski definition) is 1. The van der Waals surface area contributed by atoms with E-state index in [1.165, 1.54) is 0 Å². The van der Waals surface area contributed by atoms with Gasteiger partial charge < -0.3 is 5.11 Å². The highest BCUT2D eigenvalue weighted by molar-refractivity contribution is 4.98. The molecule has 0 fully saturated rings. The molecule has 0 saturated heterocycles. The molecule has 0 aliphatic rings. The molecule has 1 N–H and O–H groups in total. The van der Waals surface area contributed by atoms with Gasteiger partial charge in [0.1, 0.15) is 0 Å². The molecule has 0 atom stereocenters. The molecule has 0 bridgehead atoms. The second-order valence-corrected chi connectivity index (χ2v) is 2.42. The average Bonchev–Trinajstić information content (AvgIpc) is 1.65. The molecule has 0 heterocycles. The Balaban J connectivity index is 3.56. The molecule has 0 aromatic rings. The largest absolute Gasteiger partial charge is 0.392 e. The molecule has 8 heavy (non-hydrogen) atoms. The maximum atomic E-state index is 8.52. The molecule has 1 heteroatoms. The van der Waals surface area contributed by atoms with E-state index in [-0.39, 0.29) is 6.61 Å². The monoisotopic (exact) mass is 114 g/mol. The van der Waals surface area contributed by atoms with E-state index in [0.717, 1.165) is 5.57 Å². The number of aliphatic hydroxyl groups is 1. The molecular weight excluding hydrogens is 100 g/mol. The Bertz CT molecular complexity index is 82.4. The highest BCUT2D eigenvalue weighted by atomic mass is 16.3. The summed E-state index contributed by atoms with van der Waals surface area (Å²) in [7, 11) is 0. The summed E-state index contributed by atoms with van der Waals surface area (Å²) in [6.45, 7) is 6.32. The summed E-state index contributed by atoms with van der Waals surface area (Å²) in [5, 5.41) is 8.52. The minimum Gasteiger partial charge on any atom is -0.392 e. The van der Waals surface area contributed by atoms with Crippen molar-refractivity contribution in [3.05, 3.63) is 11.6 Å². The molecule has 0 aliphatic heterocycles. The topological polar surface area (TPSA) is 20.2 Å². The molecular formula is C7H14O. The third-order valence-electron chi connectivity index (χ3n) is 0.867. The second kappa shape index (κ2) is 3.67. The van der Waals surface area contributed by atoms with Crippen LogP contribution in [0.1, 0.15) is 20.8 Å². The molecule has 0 rings (SSSR count). The molecule has 48 valence electrons. The Morgan fingerprint density at radius 1 is 1.62 bits per heavy atom. The van der Waals surface area contributed by atoms with Crippen LogP contribution in [-0.4, -0.2) is 11.7 Å². The molecule has 0 amide bonds. The van der Waals surface area contributed by atoms with Gasteiger partial charge in [0.2, 0.25) is 0 Å². The van der Waals surface area contributed by atoms with Crippen LogP contribution < -0.4 is 0 Å².